The predicted molar refractivity (Wildman–Crippen MR) is 157 cm³/mol. The Morgan fingerprint density at radius 2 is 1.74 bits per heavy atom. The molecule has 2 fully saturated rings. The van der Waals surface area contributed by atoms with Crippen LogP contribution in [0.2, 0.25) is 0 Å². The van der Waals surface area contributed by atoms with E-state index in [0.29, 0.717) is 11.6 Å². The maximum atomic E-state index is 14.3. The number of fused-ring (bicyclic) bond motifs is 2. The third kappa shape index (κ3) is 4.64. The van der Waals surface area contributed by atoms with E-state index < -0.39 is 5.82 Å². The van der Waals surface area contributed by atoms with Crippen molar-refractivity contribution in [2.75, 3.05) is 51.3 Å². The van der Waals surface area contributed by atoms with Gasteiger partial charge in [0, 0.05) is 68.5 Å². The summed E-state index contributed by atoms with van der Waals surface area (Å²) in [5.74, 6) is -0.235. The molecule has 38 heavy (non-hydrogen) atoms. The van der Waals surface area contributed by atoms with Crippen LogP contribution in [0.25, 0.3) is 27.7 Å². The number of piperazine rings is 1. The standard InChI is InChI=1S/C26H33B3FN7O/c1-38-24-12-20-19(2-5-31-23(20)13-22(24)30)21-15-33-37-16-18(14-32-25(21)37)34-6-3-17(4-7-34)35-8-10-36(11-9-35)26(27,28)29/h2,5,12-17H,3-4,6-11,27-29H2,1H3. The van der Waals surface area contributed by atoms with Crippen LogP contribution >= 0.6 is 0 Å². The minimum atomic E-state index is -0.428. The summed E-state index contributed by atoms with van der Waals surface area (Å²) >= 11 is 0. The van der Waals surface area contributed by atoms with E-state index in [-0.39, 0.29) is 11.0 Å². The van der Waals surface area contributed by atoms with Crippen LogP contribution in [-0.4, -0.2) is 111 Å². The van der Waals surface area contributed by atoms with Crippen molar-refractivity contribution >= 4 is 45.8 Å². The molecule has 6 rings (SSSR count). The van der Waals surface area contributed by atoms with Gasteiger partial charge in [-0.05, 0) is 30.5 Å². The fourth-order valence-electron chi connectivity index (χ4n) is 6.00. The second kappa shape index (κ2) is 9.89. The molecule has 0 radical (unpaired) electrons. The summed E-state index contributed by atoms with van der Waals surface area (Å²) in [6, 6.07) is 5.67. The Hall–Kier alpha value is -3.11. The lowest BCUT2D eigenvalue weighted by Gasteiger charge is -2.47. The zero-order chi connectivity index (χ0) is 26.4. The van der Waals surface area contributed by atoms with E-state index in [1.54, 1.807) is 12.3 Å². The normalized spacial score (nSPS) is 18.4. The number of halogens is 1. The van der Waals surface area contributed by atoms with Crippen molar-refractivity contribution in [3.05, 3.63) is 48.8 Å². The third-order valence-electron chi connectivity index (χ3n) is 8.26. The van der Waals surface area contributed by atoms with Crippen molar-refractivity contribution in [3.63, 3.8) is 0 Å². The Kier molecular flexibility index (Phi) is 6.56. The Morgan fingerprint density at radius 3 is 2.45 bits per heavy atom. The highest BCUT2D eigenvalue weighted by molar-refractivity contribution is 6.59. The van der Waals surface area contributed by atoms with E-state index in [2.05, 4.69) is 54.5 Å². The molecule has 2 saturated heterocycles. The van der Waals surface area contributed by atoms with Crippen LogP contribution in [0, 0.1) is 5.82 Å². The first-order chi connectivity index (χ1) is 18.3. The van der Waals surface area contributed by atoms with Crippen molar-refractivity contribution in [2.45, 2.75) is 24.1 Å². The van der Waals surface area contributed by atoms with Gasteiger partial charge in [0.1, 0.15) is 23.5 Å². The van der Waals surface area contributed by atoms with E-state index in [1.807, 2.05) is 23.0 Å². The van der Waals surface area contributed by atoms with Crippen molar-refractivity contribution in [3.8, 4) is 16.9 Å². The number of hydrogen-bond donors (Lipinski definition) is 0. The molecule has 2 aliphatic rings. The molecule has 3 aromatic heterocycles. The van der Waals surface area contributed by atoms with Gasteiger partial charge < -0.3 is 14.5 Å². The Balaban J connectivity index is 1.18. The maximum absolute atomic E-state index is 14.3. The minimum Gasteiger partial charge on any atom is -0.494 e. The van der Waals surface area contributed by atoms with Gasteiger partial charge in [0.05, 0.1) is 36.9 Å². The summed E-state index contributed by atoms with van der Waals surface area (Å²) in [4.78, 5) is 16.9. The summed E-state index contributed by atoms with van der Waals surface area (Å²) in [5.41, 5.74) is 4.20. The van der Waals surface area contributed by atoms with E-state index in [1.165, 1.54) is 26.0 Å². The third-order valence-corrected chi connectivity index (χ3v) is 8.26. The van der Waals surface area contributed by atoms with E-state index in [0.717, 1.165) is 67.1 Å². The van der Waals surface area contributed by atoms with E-state index >= 15 is 0 Å². The summed E-state index contributed by atoms with van der Waals surface area (Å²) in [6.07, 6.45) is 9.86. The molecule has 1 aromatic carbocycles. The molecule has 0 amide bonds. The summed E-state index contributed by atoms with van der Waals surface area (Å²) < 4.78 is 21.3. The van der Waals surface area contributed by atoms with E-state index in [9.17, 15) is 4.39 Å². The molecule has 0 atom stereocenters. The molecule has 8 nitrogen and oxygen atoms in total. The van der Waals surface area contributed by atoms with Gasteiger partial charge >= 0.3 is 0 Å². The number of nitrogens with zero attached hydrogens (tertiary/aromatic N) is 7. The summed E-state index contributed by atoms with van der Waals surface area (Å²) in [6.45, 7) is 6.67. The molecule has 4 aromatic rings. The second-order valence-electron chi connectivity index (χ2n) is 11.4. The predicted octanol–water partition coefficient (Wildman–Crippen LogP) is 0.189. The fourth-order valence-corrected chi connectivity index (χ4v) is 6.00. The first-order valence-electron chi connectivity index (χ1n) is 13.5. The highest BCUT2D eigenvalue weighted by atomic mass is 19.1. The summed E-state index contributed by atoms with van der Waals surface area (Å²) in [5, 5.41) is 5.68. The number of piperidine rings is 1. The molecule has 5 heterocycles. The average Bonchev–Trinajstić information content (AvgIpc) is 3.35. The lowest BCUT2D eigenvalue weighted by Crippen LogP contribution is -2.60. The number of aromatic nitrogens is 4. The highest BCUT2D eigenvalue weighted by Crippen LogP contribution is 2.34. The Morgan fingerprint density at radius 1 is 0.974 bits per heavy atom. The van der Waals surface area contributed by atoms with Crippen LogP contribution in [0.15, 0.2) is 43.0 Å². The van der Waals surface area contributed by atoms with Crippen molar-refractivity contribution in [2.24, 2.45) is 0 Å². The molecule has 0 spiro atoms. The molecule has 0 aliphatic carbocycles. The molecular weight excluding hydrogens is 478 g/mol. The van der Waals surface area contributed by atoms with Gasteiger partial charge in [-0.15, -0.1) is 0 Å². The molecule has 194 valence electrons. The maximum Gasteiger partial charge on any atom is 0.167 e. The van der Waals surface area contributed by atoms with E-state index in [4.69, 9.17) is 9.72 Å². The first kappa shape index (κ1) is 25.2. The number of methoxy groups -OCH3 is 1. The van der Waals surface area contributed by atoms with Crippen molar-refractivity contribution in [1.82, 2.24) is 29.4 Å². The van der Waals surface area contributed by atoms with Crippen molar-refractivity contribution in [1.29, 1.82) is 0 Å². The van der Waals surface area contributed by atoms with Gasteiger partial charge in [0.15, 0.2) is 17.2 Å². The fraction of sp³-hybridized carbons (Fsp3) is 0.423. The molecule has 0 bridgehead atoms. The van der Waals surface area contributed by atoms with Gasteiger partial charge in [0.2, 0.25) is 0 Å². The molecule has 0 unspecified atom stereocenters. The van der Waals surface area contributed by atoms with Gasteiger partial charge in [-0.2, -0.15) is 5.10 Å². The SMILES string of the molecule is BC(B)(B)N1CCN(C2CCN(c3cnc4c(-c5ccnc6cc(F)c(OC)cc56)cnn4c3)CC2)CC1. The molecule has 2 aliphatic heterocycles. The smallest absolute Gasteiger partial charge is 0.167 e. The van der Waals surface area contributed by atoms with Gasteiger partial charge in [0.25, 0.3) is 0 Å². The molecular formula is C26H33B3FN7O. The molecule has 0 N–H and O–H groups in total. The van der Waals surface area contributed by atoms with Crippen LogP contribution in [0.3, 0.4) is 0 Å². The number of hydrogen-bond acceptors (Lipinski definition) is 7. The number of ether oxygens (including phenoxy) is 1. The zero-order valence-corrected chi connectivity index (χ0v) is 22.7. The molecule has 12 heteroatoms. The van der Waals surface area contributed by atoms with Crippen LogP contribution in [0.1, 0.15) is 12.8 Å². The number of benzene rings is 1. The van der Waals surface area contributed by atoms with Gasteiger partial charge in [-0.1, -0.05) is 5.24 Å². The average molecular weight is 511 g/mol. The van der Waals surface area contributed by atoms with Crippen LogP contribution < -0.4 is 9.64 Å². The Bertz CT molecular complexity index is 1460. The highest BCUT2D eigenvalue weighted by Gasteiger charge is 2.31. The van der Waals surface area contributed by atoms with Crippen LogP contribution in [-0.2, 0) is 0 Å². The number of anilines is 1. The van der Waals surface area contributed by atoms with Gasteiger partial charge in [-0.25, -0.2) is 13.9 Å². The van der Waals surface area contributed by atoms with Crippen LogP contribution in [0.4, 0.5) is 10.1 Å². The van der Waals surface area contributed by atoms with Gasteiger partial charge in [-0.3, -0.25) is 9.88 Å². The van der Waals surface area contributed by atoms with Crippen molar-refractivity contribution < 1.29 is 9.13 Å². The Labute approximate surface area is 225 Å². The lowest BCUT2D eigenvalue weighted by atomic mass is 9.48. The zero-order valence-electron chi connectivity index (χ0n) is 22.7. The number of pyridine rings is 1. The first-order valence-corrected chi connectivity index (χ1v) is 13.5. The molecule has 0 saturated carbocycles. The monoisotopic (exact) mass is 511 g/mol. The largest absolute Gasteiger partial charge is 0.494 e. The minimum absolute atomic E-state index is 0.193. The number of rotatable bonds is 5. The topological polar surface area (TPSA) is 62.0 Å². The summed E-state index contributed by atoms with van der Waals surface area (Å²) in [7, 11) is 8.40. The quantitative estimate of drug-likeness (QED) is 0.355. The lowest BCUT2D eigenvalue weighted by molar-refractivity contribution is 0.0831. The second-order valence-corrected chi connectivity index (χ2v) is 11.4. The van der Waals surface area contributed by atoms with Crippen LogP contribution in [0.5, 0.6) is 5.75 Å².